The fraction of sp³-hybridized carbons (Fsp3) is 0.786. The van der Waals surface area contributed by atoms with E-state index in [1.807, 2.05) is 6.92 Å². The van der Waals surface area contributed by atoms with Crippen LogP contribution >= 0.6 is 0 Å². The summed E-state index contributed by atoms with van der Waals surface area (Å²) in [6, 6.07) is 0. The van der Waals surface area contributed by atoms with Crippen molar-refractivity contribution in [1.29, 1.82) is 0 Å². The molecular weight excluding hydrogens is 200 g/mol. The molecule has 0 aromatic rings. The summed E-state index contributed by atoms with van der Waals surface area (Å²) in [5, 5.41) is 0. The van der Waals surface area contributed by atoms with E-state index >= 15 is 0 Å². The van der Waals surface area contributed by atoms with Crippen LogP contribution < -0.4 is 0 Å². The topological polar surface area (TPSA) is 26.3 Å². The van der Waals surface area contributed by atoms with Crippen molar-refractivity contribution < 1.29 is 9.53 Å². The Hall–Kier alpha value is -0.790. The minimum Gasteiger partial charge on any atom is -0.463 e. The fourth-order valence-corrected chi connectivity index (χ4v) is 2.31. The lowest BCUT2D eigenvalue weighted by Crippen LogP contribution is -2.07. The van der Waals surface area contributed by atoms with Gasteiger partial charge in [0.25, 0.3) is 0 Å². The van der Waals surface area contributed by atoms with Crippen LogP contribution in [0.2, 0.25) is 0 Å². The van der Waals surface area contributed by atoms with Crippen molar-refractivity contribution in [2.24, 2.45) is 0 Å². The highest BCUT2D eigenvalue weighted by Gasteiger charge is 2.20. The van der Waals surface area contributed by atoms with E-state index in [1.54, 1.807) is 0 Å². The van der Waals surface area contributed by atoms with E-state index in [0.29, 0.717) is 6.61 Å². The molecule has 0 amide bonds. The highest BCUT2D eigenvalue weighted by molar-refractivity contribution is 5.89. The smallest absolute Gasteiger partial charge is 0.333 e. The standard InChI is InChI=1S/C14H24O2/c1-3-5-6-7-9-12-10-8-11-13(12)14(15)16-4-2/h3-11H2,1-2H3. The average molecular weight is 224 g/mol. The summed E-state index contributed by atoms with van der Waals surface area (Å²) in [6.45, 7) is 4.58. The van der Waals surface area contributed by atoms with Gasteiger partial charge in [-0.3, -0.25) is 0 Å². The Morgan fingerprint density at radius 2 is 2.00 bits per heavy atom. The molecule has 1 aliphatic rings. The van der Waals surface area contributed by atoms with E-state index in [0.717, 1.165) is 31.3 Å². The molecule has 0 spiro atoms. The zero-order chi connectivity index (χ0) is 11.8. The number of hydrogen-bond acceptors (Lipinski definition) is 2. The van der Waals surface area contributed by atoms with Crippen LogP contribution in [0.25, 0.3) is 0 Å². The van der Waals surface area contributed by atoms with E-state index in [1.165, 1.54) is 31.3 Å². The highest BCUT2D eigenvalue weighted by Crippen LogP contribution is 2.30. The number of carbonyl (C=O) groups is 1. The Balaban J connectivity index is 2.41. The molecule has 0 N–H and O–H groups in total. The molecule has 0 aliphatic heterocycles. The minimum absolute atomic E-state index is 0.0644. The predicted molar refractivity (Wildman–Crippen MR) is 66.3 cm³/mol. The van der Waals surface area contributed by atoms with Gasteiger partial charge in [-0.1, -0.05) is 31.8 Å². The van der Waals surface area contributed by atoms with Gasteiger partial charge in [-0.2, -0.15) is 0 Å². The molecule has 1 rings (SSSR count). The number of unbranched alkanes of at least 4 members (excludes halogenated alkanes) is 3. The Kier molecular flexibility index (Phi) is 6.20. The second-order valence-corrected chi connectivity index (χ2v) is 4.47. The quantitative estimate of drug-likeness (QED) is 0.482. The van der Waals surface area contributed by atoms with E-state index in [4.69, 9.17) is 4.74 Å². The zero-order valence-corrected chi connectivity index (χ0v) is 10.7. The lowest BCUT2D eigenvalue weighted by atomic mass is 10.0. The minimum atomic E-state index is -0.0644. The molecule has 2 heteroatoms. The maximum absolute atomic E-state index is 11.7. The van der Waals surface area contributed by atoms with Gasteiger partial charge in [0.15, 0.2) is 0 Å². The second-order valence-electron chi connectivity index (χ2n) is 4.47. The fourth-order valence-electron chi connectivity index (χ4n) is 2.31. The molecule has 2 nitrogen and oxygen atoms in total. The monoisotopic (exact) mass is 224 g/mol. The van der Waals surface area contributed by atoms with Gasteiger partial charge >= 0.3 is 5.97 Å². The van der Waals surface area contributed by atoms with Crippen LogP contribution in [0.15, 0.2) is 11.1 Å². The molecule has 0 fully saturated rings. The molecule has 0 aromatic carbocycles. The van der Waals surface area contributed by atoms with Crippen molar-refractivity contribution in [3.63, 3.8) is 0 Å². The zero-order valence-electron chi connectivity index (χ0n) is 10.7. The first-order chi connectivity index (χ1) is 7.79. The lowest BCUT2D eigenvalue weighted by Gasteiger charge is -2.06. The predicted octanol–water partition coefficient (Wildman–Crippen LogP) is 4.00. The van der Waals surface area contributed by atoms with Crippen molar-refractivity contribution in [2.45, 2.75) is 65.2 Å². The Morgan fingerprint density at radius 3 is 2.69 bits per heavy atom. The molecule has 16 heavy (non-hydrogen) atoms. The number of allylic oxidation sites excluding steroid dienone is 1. The van der Waals surface area contributed by atoms with Gasteiger partial charge in [-0.15, -0.1) is 0 Å². The van der Waals surface area contributed by atoms with Gasteiger partial charge in [0, 0.05) is 5.57 Å². The Bertz CT molecular complexity index is 253. The number of ether oxygens (including phenoxy) is 1. The first-order valence-electron chi connectivity index (χ1n) is 6.67. The molecule has 1 aliphatic carbocycles. The first kappa shape index (κ1) is 13.3. The molecule has 0 radical (unpaired) electrons. The Morgan fingerprint density at radius 1 is 1.19 bits per heavy atom. The van der Waals surface area contributed by atoms with Crippen LogP contribution in [-0.4, -0.2) is 12.6 Å². The van der Waals surface area contributed by atoms with Crippen LogP contribution in [-0.2, 0) is 9.53 Å². The number of carbonyl (C=O) groups excluding carboxylic acids is 1. The van der Waals surface area contributed by atoms with Crippen LogP contribution in [0.1, 0.15) is 65.2 Å². The van der Waals surface area contributed by atoms with Gasteiger partial charge in [0.1, 0.15) is 0 Å². The van der Waals surface area contributed by atoms with E-state index in [-0.39, 0.29) is 5.97 Å². The van der Waals surface area contributed by atoms with Crippen molar-refractivity contribution in [1.82, 2.24) is 0 Å². The van der Waals surface area contributed by atoms with E-state index in [9.17, 15) is 4.79 Å². The molecule has 0 saturated carbocycles. The summed E-state index contributed by atoms with van der Waals surface area (Å²) < 4.78 is 5.09. The maximum atomic E-state index is 11.7. The van der Waals surface area contributed by atoms with E-state index < -0.39 is 0 Å². The van der Waals surface area contributed by atoms with Crippen LogP contribution in [0, 0.1) is 0 Å². The number of hydrogen-bond donors (Lipinski definition) is 0. The normalized spacial score (nSPS) is 15.6. The first-order valence-corrected chi connectivity index (χ1v) is 6.67. The van der Waals surface area contributed by atoms with Crippen LogP contribution in [0.5, 0.6) is 0 Å². The van der Waals surface area contributed by atoms with Crippen molar-refractivity contribution in [3.8, 4) is 0 Å². The molecule has 0 unspecified atom stereocenters. The number of esters is 1. The molecule has 0 bridgehead atoms. The summed E-state index contributed by atoms with van der Waals surface area (Å²) in [5.41, 5.74) is 2.35. The summed E-state index contributed by atoms with van der Waals surface area (Å²) in [6.07, 6.45) is 9.38. The van der Waals surface area contributed by atoms with Gasteiger partial charge in [-0.05, 0) is 39.0 Å². The second kappa shape index (κ2) is 7.48. The molecule has 0 aromatic heterocycles. The average Bonchev–Trinajstić information content (AvgIpc) is 2.73. The van der Waals surface area contributed by atoms with Crippen molar-refractivity contribution in [2.75, 3.05) is 6.61 Å². The third kappa shape index (κ3) is 3.99. The van der Waals surface area contributed by atoms with Gasteiger partial charge in [0.05, 0.1) is 6.61 Å². The highest BCUT2D eigenvalue weighted by atomic mass is 16.5. The SMILES string of the molecule is CCCCCCC1=C(C(=O)OCC)CCC1. The van der Waals surface area contributed by atoms with Crippen LogP contribution in [0.3, 0.4) is 0 Å². The molecule has 92 valence electrons. The Labute approximate surface area is 99.1 Å². The third-order valence-electron chi connectivity index (χ3n) is 3.19. The van der Waals surface area contributed by atoms with Crippen LogP contribution in [0.4, 0.5) is 0 Å². The molecule has 0 heterocycles. The summed E-state index contributed by atoms with van der Waals surface area (Å²) >= 11 is 0. The van der Waals surface area contributed by atoms with Crippen molar-refractivity contribution in [3.05, 3.63) is 11.1 Å². The number of rotatable bonds is 7. The van der Waals surface area contributed by atoms with E-state index in [2.05, 4.69) is 6.92 Å². The third-order valence-corrected chi connectivity index (χ3v) is 3.19. The molecule has 0 saturated heterocycles. The summed E-state index contributed by atoms with van der Waals surface area (Å²) in [4.78, 5) is 11.7. The van der Waals surface area contributed by atoms with Gasteiger partial charge < -0.3 is 4.74 Å². The largest absolute Gasteiger partial charge is 0.463 e. The van der Waals surface area contributed by atoms with Crippen molar-refractivity contribution >= 4 is 5.97 Å². The lowest BCUT2D eigenvalue weighted by molar-refractivity contribution is -0.138. The molecule has 0 atom stereocenters. The van der Waals surface area contributed by atoms with Gasteiger partial charge in [0.2, 0.25) is 0 Å². The van der Waals surface area contributed by atoms with Gasteiger partial charge in [-0.25, -0.2) is 4.79 Å². The summed E-state index contributed by atoms with van der Waals surface area (Å²) in [7, 11) is 0. The molecular formula is C14H24O2. The summed E-state index contributed by atoms with van der Waals surface area (Å²) in [5.74, 6) is -0.0644. The maximum Gasteiger partial charge on any atom is 0.333 e.